The van der Waals surface area contributed by atoms with E-state index in [2.05, 4.69) is 16.2 Å². The third kappa shape index (κ3) is 2.58. The molecule has 22 heavy (non-hydrogen) atoms. The lowest BCUT2D eigenvalue weighted by Gasteiger charge is -2.03. The van der Waals surface area contributed by atoms with E-state index in [4.69, 9.17) is 15.1 Å². The Labute approximate surface area is 126 Å². The maximum atomic E-state index is 11.1. The first-order chi connectivity index (χ1) is 10.6. The van der Waals surface area contributed by atoms with Gasteiger partial charge in [0.15, 0.2) is 11.6 Å². The highest BCUT2D eigenvalue weighted by atomic mass is 16.5. The number of carbonyl (C=O) groups is 1. The smallest absolute Gasteiger partial charge is 0.325 e. The molecule has 1 fully saturated rings. The molecule has 0 bridgehead atoms. The number of carboxylic acids is 1. The molecule has 1 saturated heterocycles. The van der Waals surface area contributed by atoms with Gasteiger partial charge in [0.25, 0.3) is 0 Å². The van der Waals surface area contributed by atoms with Crippen LogP contribution >= 0.6 is 0 Å². The van der Waals surface area contributed by atoms with Gasteiger partial charge in [0, 0.05) is 25.8 Å². The highest BCUT2D eigenvalue weighted by Gasteiger charge is 2.25. The fourth-order valence-corrected chi connectivity index (χ4v) is 2.55. The molecule has 8 heteroatoms. The number of nitrogens with zero attached hydrogens (tertiary/aromatic N) is 5. The molecule has 1 aliphatic rings. The number of ether oxygens (including phenoxy) is 1. The van der Waals surface area contributed by atoms with Gasteiger partial charge < -0.3 is 14.4 Å². The summed E-state index contributed by atoms with van der Waals surface area (Å²) in [5, 5.41) is 22.4. The zero-order valence-corrected chi connectivity index (χ0v) is 12.1. The van der Waals surface area contributed by atoms with Crippen molar-refractivity contribution in [1.82, 2.24) is 19.3 Å². The molecule has 2 aromatic rings. The summed E-state index contributed by atoms with van der Waals surface area (Å²) in [5.41, 5.74) is 1.16. The number of aliphatic carboxylic acids is 1. The second-order valence-corrected chi connectivity index (χ2v) is 5.24. The molecule has 3 rings (SSSR count). The summed E-state index contributed by atoms with van der Waals surface area (Å²) in [7, 11) is 1.79. The molecule has 0 amide bonds. The van der Waals surface area contributed by atoms with Crippen LogP contribution in [0.3, 0.4) is 0 Å². The van der Waals surface area contributed by atoms with E-state index in [9.17, 15) is 4.79 Å². The zero-order chi connectivity index (χ0) is 15.7. The second-order valence-electron chi connectivity index (χ2n) is 5.24. The predicted octanol–water partition coefficient (Wildman–Crippen LogP) is 0.744. The van der Waals surface area contributed by atoms with Gasteiger partial charge in [-0.15, -0.1) is 0 Å². The number of carboxylic acid groups (broad SMARTS) is 1. The first kappa shape index (κ1) is 14.3. The highest BCUT2D eigenvalue weighted by Crippen LogP contribution is 2.26. The quantitative estimate of drug-likeness (QED) is 0.893. The Morgan fingerprint density at radius 3 is 3.05 bits per heavy atom. The van der Waals surface area contributed by atoms with Crippen molar-refractivity contribution in [2.24, 2.45) is 7.05 Å². The Morgan fingerprint density at radius 2 is 2.45 bits per heavy atom. The lowest BCUT2D eigenvalue weighted by atomic mass is 10.1. The number of aryl methyl sites for hydroxylation is 1. The monoisotopic (exact) mass is 301 g/mol. The van der Waals surface area contributed by atoms with E-state index < -0.39 is 5.97 Å². The van der Waals surface area contributed by atoms with Crippen LogP contribution in [0.1, 0.15) is 23.7 Å². The Hall–Kier alpha value is -2.66. The molecule has 8 nitrogen and oxygen atoms in total. The molecule has 0 saturated carbocycles. The molecule has 2 aromatic heterocycles. The molecule has 0 unspecified atom stereocenters. The van der Waals surface area contributed by atoms with Crippen LogP contribution in [0.25, 0.3) is 11.5 Å². The lowest BCUT2D eigenvalue weighted by Crippen LogP contribution is -2.12. The number of nitriles is 1. The van der Waals surface area contributed by atoms with Crippen molar-refractivity contribution in [3.05, 3.63) is 23.7 Å². The van der Waals surface area contributed by atoms with Crippen LogP contribution in [0.5, 0.6) is 0 Å². The van der Waals surface area contributed by atoms with Gasteiger partial charge in [0.1, 0.15) is 12.6 Å². The molecule has 0 radical (unpaired) electrons. The van der Waals surface area contributed by atoms with Crippen LogP contribution in [0.4, 0.5) is 0 Å². The van der Waals surface area contributed by atoms with E-state index in [1.807, 2.05) is 0 Å². The molecule has 3 heterocycles. The van der Waals surface area contributed by atoms with Crippen LogP contribution in [-0.2, 0) is 23.1 Å². The summed E-state index contributed by atoms with van der Waals surface area (Å²) >= 11 is 0. The summed E-state index contributed by atoms with van der Waals surface area (Å²) in [6, 6.07) is 3.74. The standard InChI is InChI=1S/C14H15N5O3/c1-18-6-9(5-15)4-11(18)14-16-13(10-2-3-22-8-10)17-19(14)7-12(20)21/h4,6,10H,2-3,7-8H2,1H3,(H,20,21)/t10-/m0/s1. The van der Waals surface area contributed by atoms with E-state index in [1.54, 1.807) is 23.9 Å². The van der Waals surface area contributed by atoms with Gasteiger partial charge in [-0.05, 0) is 12.5 Å². The normalized spacial score (nSPS) is 17.5. The summed E-state index contributed by atoms with van der Waals surface area (Å²) in [6.45, 7) is 0.937. The molecular formula is C14H15N5O3. The summed E-state index contributed by atoms with van der Waals surface area (Å²) < 4.78 is 8.45. The van der Waals surface area contributed by atoms with Crippen molar-refractivity contribution >= 4 is 5.97 Å². The second kappa shape index (κ2) is 5.61. The van der Waals surface area contributed by atoms with Crippen molar-refractivity contribution < 1.29 is 14.6 Å². The maximum absolute atomic E-state index is 11.1. The SMILES string of the molecule is Cn1cc(C#N)cc1-c1nc([C@H]2CCOC2)nn1CC(=O)O. The third-order valence-corrected chi connectivity index (χ3v) is 3.63. The van der Waals surface area contributed by atoms with Crippen molar-refractivity contribution in [1.29, 1.82) is 5.26 Å². The average Bonchev–Trinajstić information content (AvgIpc) is 3.17. The Kier molecular flexibility index (Phi) is 3.65. The van der Waals surface area contributed by atoms with Crippen LogP contribution < -0.4 is 0 Å². The fraction of sp³-hybridized carbons (Fsp3) is 0.429. The minimum atomic E-state index is -0.991. The first-order valence-electron chi connectivity index (χ1n) is 6.89. The van der Waals surface area contributed by atoms with E-state index in [1.165, 1.54) is 4.68 Å². The van der Waals surface area contributed by atoms with Gasteiger partial charge in [-0.1, -0.05) is 0 Å². The average molecular weight is 301 g/mol. The third-order valence-electron chi connectivity index (χ3n) is 3.63. The summed E-state index contributed by atoms with van der Waals surface area (Å²) in [5.74, 6) is 0.140. The molecule has 1 atom stereocenters. The van der Waals surface area contributed by atoms with Gasteiger partial charge in [-0.2, -0.15) is 10.4 Å². The number of hydrogen-bond acceptors (Lipinski definition) is 5. The van der Waals surface area contributed by atoms with E-state index in [-0.39, 0.29) is 12.5 Å². The van der Waals surface area contributed by atoms with Crippen LogP contribution in [0.2, 0.25) is 0 Å². The van der Waals surface area contributed by atoms with Gasteiger partial charge in [-0.25, -0.2) is 9.67 Å². The van der Waals surface area contributed by atoms with E-state index >= 15 is 0 Å². The van der Waals surface area contributed by atoms with Gasteiger partial charge in [0.2, 0.25) is 0 Å². The number of hydrogen-bond donors (Lipinski definition) is 1. The van der Waals surface area contributed by atoms with Crippen molar-refractivity contribution in [2.75, 3.05) is 13.2 Å². The summed E-state index contributed by atoms with van der Waals surface area (Å²) in [6.07, 6.45) is 2.50. The van der Waals surface area contributed by atoms with Crippen molar-refractivity contribution in [3.8, 4) is 17.6 Å². The Morgan fingerprint density at radius 1 is 1.64 bits per heavy atom. The number of aromatic nitrogens is 4. The first-order valence-corrected chi connectivity index (χ1v) is 6.89. The molecule has 0 aromatic carbocycles. The van der Waals surface area contributed by atoms with E-state index in [0.29, 0.717) is 36.1 Å². The fourth-order valence-electron chi connectivity index (χ4n) is 2.55. The topological polar surface area (TPSA) is 106 Å². The lowest BCUT2D eigenvalue weighted by molar-refractivity contribution is -0.137. The van der Waals surface area contributed by atoms with Gasteiger partial charge >= 0.3 is 5.97 Å². The van der Waals surface area contributed by atoms with Crippen molar-refractivity contribution in [2.45, 2.75) is 18.9 Å². The predicted molar refractivity (Wildman–Crippen MR) is 75.0 cm³/mol. The minimum absolute atomic E-state index is 0.0875. The van der Waals surface area contributed by atoms with Crippen molar-refractivity contribution in [3.63, 3.8) is 0 Å². The van der Waals surface area contributed by atoms with Crippen LogP contribution in [-0.4, -0.2) is 43.6 Å². The minimum Gasteiger partial charge on any atom is -0.480 e. The number of rotatable bonds is 4. The molecule has 1 N–H and O–H groups in total. The summed E-state index contributed by atoms with van der Waals surface area (Å²) in [4.78, 5) is 15.6. The van der Waals surface area contributed by atoms with Crippen LogP contribution in [0, 0.1) is 11.3 Å². The maximum Gasteiger partial charge on any atom is 0.325 e. The highest BCUT2D eigenvalue weighted by molar-refractivity contribution is 5.67. The Balaban J connectivity index is 2.05. The molecule has 1 aliphatic heterocycles. The molecular weight excluding hydrogens is 286 g/mol. The van der Waals surface area contributed by atoms with Crippen LogP contribution in [0.15, 0.2) is 12.3 Å². The van der Waals surface area contributed by atoms with E-state index in [0.717, 1.165) is 6.42 Å². The van der Waals surface area contributed by atoms with Gasteiger partial charge in [0.05, 0.1) is 17.9 Å². The Bertz CT molecular complexity index is 749. The largest absolute Gasteiger partial charge is 0.480 e. The molecule has 114 valence electrons. The molecule has 0 aliphatic carbocycles. The molecule has 0 spiro atoms. The van der Waals surface area contributed by atoms with Gasteiger partial charge in [-0.3, -0.25) is 4.79 Å². The zero-order valence-electron chi connectivity index (χ0n) is 12.1.